The quantitative estimate of drug-likeness (QED) is 0.382. The third kappa shape index (κ3) is 3.78. The number of rotatable bonds is 6. The third-order valence-corrected chi connectivity index (χ3v) is 4.12. The largest absolute Gasteiger partial charge is 0.494 e. The number of non-ortho nitro benzene ring substituents is 1. The Balaban J connectivity index is 1.71. The van der Waals surface area contributed by atoms with Crippen molar-refractivity contribution < 1.29 is 24.0 Å². The van der Waals surface area contributed by atoms with E-state index >= 15 is 0 Å². The Hall–Kier alpha value is -3.88. The van der Waals surface area contributed by atoms with Crippen molar-refractivity contribution in [1.29, 1.82) is 0 Å². The minimum atomic E-state index is -1.10. The van der Waals surface area contributed by atoms with E-state index in [1.54, 1.807) is 12.1 Å². The maximum absolute atomic E-state index is 12.4. The van der Waals surface area contributed by atoms with Gasteiger partial charge in [-0.15, -0.1) is 0 Å². The van der Waals surface area contributed by atoms with Gasteiger partial charge in [-0.2, -0.15) is 0 Å². The molecule has 2 aromatic carbocycles. The number of carbonyl (C=O) groups is 2. The molecule has 0 radical (unpaired) electrons. The van der Waals surface area contributed by atoms with Gasteiger partial charge in [0, 0.05) is 23.2 Å². The molecule has 1 aromatic heterocycles. The summed E-state index contributed by atoms with van der Waals surface area (Å²) in [5, 5.41) is 14.1. The van der Waals surface area contributed by atoms with Crippen LogP contribution in [0.15, 0.2) is 48.7 Å². The van der Waals surface area contributed by atoms with Crippen LogP contribution in [0.5, 0.6) is 5.75 Å². The van der Waals surface area contributed by atoms with Gasteiger partial charge in [0.2, 0.25) is 0 Å². The van der Waals surface area contributed by atoms with Crippen molar-refractivity contribution in [3.63, 3.8) is 0 Å². The fraction of sp³-hybridized carbons (Fsp3) is 0.158. The Kier molecular flexibility index (Phi) is 5.25. The number of esters is 1. The van der Waals surface area contributed by atoms with Gasteiger partial charge < -0.3 is 19.8 Å². The zero-order valence-electron chi connectivity index (χ0n) is 15.1. The molecular formula is C19H17N3O6. The van der Waals surface area contributed by atoms with Crippen LogP contribution in [0.3, 0.4) is 0 Å². The van der Waals surface area contributed by atoms with Gasteiger partial charge >= 0.3 is 5.97 Å². The lowest BCUT2D eigenvalue weighted by Gasteiger charge is -2.15. The molecule has 0 saturated heterocycles. The minimum absolute atomic E-state index is 0.123. The number of H-pyrrole nitrogens is 1. The van der Waals surface area contributed by atoms with Crippen molar-refractivity contribution in [2.75, 3.05) is 12.4 Å². The SMILES string of the molecule is COc1cc([N+](=O)[O-])ccc1NC(=O)[C@H](C)OC(=O)c1c[nH]c2ccccc12. The number of carbonyl (C=O) groups excluding carboxylic acids is 2. The molecule has 0 bridgehead atoms. The molecule has 0 fully saturated rings. The number of nitrogens with one attached hydrogen (secondary N) is 2. The lowest BCUT2D eigenvalue weighted by atomic mass is 10.2. The maximum Gasteiger partial charge on any atom is 0.341 e. The number of aromatic amines is 1. The number of hydrogen-bond acceptors (Lipinski definition) is 6. The Morgan fingerprint density at radius 1 is 1.21 bits per heavy atom. The fourth-order valence-electron chi connectivity index (χ4n) is 2.65. The smallest absolute Gasteiger partial charge is 0.341 e. The average Bonchev–Trinajstić information content (AvgIpc) is 3.12. The van der Waals surface area contributed by atoms with Gasteiger partial charge in [-0.1, -0.05) is 18.2 Å². The van der Waals surface area contributed by atoms with Gasteiger partial charge in [0.05, 0.1) is 29.4 Å². The van der Waals surface area contributed by atoms with Crippen LogP contribution in [0, 0.1) is 10.1 Å². The summed E-state index contributed by atoms with van der Waals surface area (Å²) in [6.45, 7) is 1.43. The summed E-state index contributed by atoms with van der Waals surface area (Å²) < 4.78 is 10.3. The van der Waals surface area contributed by atoms with E-state index in [9.17, 15) is 19.7 Å². The molecular weight excluding hydrogens is 366 g/mol. The first-order valence-corrected chi connectivity index (χ1v) is 8.31. The van der Waals surface area contributed by atoms with Crippen molar-refractivity contribution in [2.24, 2.45) is 0 Å². The van der Waals surface area contributed by atoms with Crippen LogP contribution in [0.4, 0.5) is 11.4 Å². The van der Waals surface area contributed by atoms with Crippen molar-refractivity contribution in [3.05, 3.63) is 64.3 Å². The molecule has 28 heavy (non-hydrogen) atoms. The van der Waals surface area contributed by atoms with Crippen molar-refractivity contribution in [1.82, 2.24) is 4.98 Å². The molecule has 9 nitrogen and oxygen atoms in total. The summed E-state index contributed by atoms with van der Waals surface area (Å²) in [4.78, 5) is 38.0. The van der Waals surface area contributed by atoms with Gasteiger partial charge in [0.25, 0.3) is 11.6 Å². The maximum atomic E-state index is 12.4. The van der Waals surface area contributed by atoms with Crippen LogP contribution >= 0.6 is 0 Å². The fourth-order valence-corrected chi connectivity index (χ4v) is 2.65. The average molecular weight is 383 g/mol. The van der Waals surface area contributed by atoms with Crippen molar-refractivity contribution >= 4 is 34.2 Å². The highest BCUT2D eigenvalue weighted by Gasteiger charge is 2.22. The van der Waals surface area contributed by atoms with E-state index in [1.165, 1.54) is 38.4 Å². The van der Waals surface area contributed by atoms with Crippen LogP contribution in [0.25, 0.3) is 10.9 Å². The highest BCUT2D eigenvalue weighted by molar-refractivity contribution is 6.05. The molecule has 0 aliphatic rings. The summed E-state index contributed by atoms with van der Waals surface area (Å²) in [6, 6.07) is 11.0. The molecule has 144 valence electrons. The molecule has 0 spiro atoms. The van der Waals surface area contributed by atoms with E-state index in [1.807, 2.05) is 12.1 Å². The minimum Gasteiger partial charge on any atom is -0.494 e. The van der Waals surface area contributed by atoms with Crippen molar-refractivity contribution in [3.8, 4) is 5.75 Å². The predicted molar refractivity (Wildman–Crippen MR) is 101 cm³/mol. The molecule has 9 heteroatoms. The Bertz CT molecular complexity index is 1060. The highest BCUT2D eigenvalue weighted by Crippen LogP contribution is 2.29. The number of fused-ring (bicyclic) bond motifs is 1. The molecule has 0 unspecified atom stereocenters. The summed E-state index contributed by atoms with van der Waals surface area (Å²) in [6.07, 6.45) is 0.429. The number of amides is 1. The van der Waals surface area contributed by atoms with Gasteiger partial charge in [-0.05, 0) is 19.1 Å². The van der Waals surface area contributed by atoms with Gasteiger partial charge in [0.15, 0.2) is 6.10 Å². The number of aromatic nitrogens is 1. The predicted octanol–water partition coefficient (Wildman–Crippen LogP) is 3.27. The monoisotopic (exact) mass is 383 g/mol. The first-order valence-electron chi connectivity index (χ1n) is 8.31. The summed E-state index contributed by atoms with van der Waals surface area (Å²) in [5.74, 6) is -1.12. The summed E-state index contributed by atoms with van der Waals surface area (Å²) in [7, 11) is 1.33. The lowest BCUT2D eigenvalue weighted by molar-refractivity contribution is -0.384. The molecule has 3 rings (SSSR count). The summed E-state index contributed by atoms with van der Waals surface area (Å²) in [5.41, 5.74) is 1.16. The van der Waals surface area contributed by atoms with Crippen molar-refractivity contribution in [2.45, 2.75) is 13.0 Å². The molecule has 1 amide bonds. The Morgan fingerprint density at radius 2 is 1.96 bits per heavy atom. The third-order valence-electron chi connectivity index (χ3n) is 4.12. The number of nitro groups is 1. The normalized spacial score (nSPS) is 11.6. The number of para-hydroxylation sites is 1. The van der Waals surface area contributed by atoms with E-state index in [2.05, 4.69) is 10.3 Å². The second-order valence-electron chi connectivity index (χ2n) is 5.93. The lowest BCUT2D eigenvalue weighted by Crippen LogP contribution is -2.30. The van der Waals surface area contributed by atoms with Crippen LogP contribution in [0.1, 0.15) is 17.3 Å². The molecule has 2 N–H and O–H groups in total. The van der Waals surface area contributed by atoms with E-state index in [0.717, 1.165) is 5.52 Å². The van der Waals surface area contributed by atoms with Gasteiger partial charge in [-0.25, -0.2) is 4.79 Å². The standard InChI is InChI=1S/C19H17N3O6/c1-11(28-19(24)14-10-20-15-6-4-3-5-13(14)15)18(23)21-16-8-7-12(22(25)26)9-17(16)27-2/h3-11,20H,1-2H3,(H,21,23)/t11-/m0/s1. The van der Waals surface area contributed by atoms with E-state index in [4.69, 9.17) is 9.47 Å². The highest BCUT2D eigenvalue weighted by atomic mass is 16.6. The van der Waals surface area contributed by atoms with Crippen LogP contribution in [0.2, 0.25) is 0 Å². The van der Waals surface area contributed by atoms with Crippen LogP contribution in [-0.4, -0.2) is 35.0 Å². The Labute approximate surface area is 159 Å². The Morgan fingerprint density at radius 3 is 2.68 bits per heavy atom. The summed E-state index contributed by atoms with van der Waals surface area (Å²) >= 11 is 0. The van der Waals surface area contributed by atoms with E-state index in [-0.39, 0.29) is 17.1 Å². The second-order valence-corrected chi connectivity index (χ2v) is 5.93. The number of hydrogen-bond donors (Lipinski definition) is 2. The number of nitro benzene ring substituents is 1. The molecule has 3 aromatic rings. The number of anilines is 1. The van der Waals surface area contributed by atoms with Crippen LogP contribution < -0.4 is 10.1 Å². The van der Waals surface area contributed by atoms with Crippen LogP contribution in [-0.2, 0) is 9.53 Å². The van der Waals surface area contributed by atoms with Gasteiger partial charge in [0.1, 0.15) is 5.75 Å². The molecule has 1 atom stereocenters. The zero-order valence-corrected chi connectivity index (χ0v) is 15.1. The zero-order chi connectivity index (χ0) is 20.3. The first kappa shape index (κ1) is 18.9. The number of ether oxygens (including phenoxy) is 2. The molecule has 0 saturated carbocycles. The molecule has 0 aliphatic carbocycles. The molecule has 1 heterocycles. The van der Waals surface area contributed by atoms with Gasteiger partial charge in [-0.3, -0.25) is 14.9 Å². The number of nitrogens with zero attached hydrogens (tertiary/aromatic N) is 1. The second kappa shape index (κ2) is 7.78. The first-order chi connectivity index (χ1) is 13.4. The topological polar surface area (TPSA) is 124 Å². The number of benzene rings is 2. The van der Waals surface area contributed by atoms with E-state index < -0.39 is 22.9 Å². The van der Waals surface area contributed by atoms with E-state index in [0.29, 0.717) is 10.9 Å². The molecule has 0 aliphatic heterocycles. The number of methoxy groups -OCH3 is 1.